The van der Waals surface area contributed by atoms with Gasteiger partial charge in [0.2, 0.25) is 10.8 Å². The lowest BCUT2D eigenvalue weighted by Gasteiger charge is -2.38. The second-order valence-corrected chi connectivity index (χ2v) is 7.97. The first kappa shape index (κ1) is 15.7. The average molecular weight is 346 g/mol. The minimum atomic E-state index is -0.0981. The number of aryl methyl sites for hydroxylation is 1. The van der Waals surface area contributed by atoms with Crippen molar-refractivity contribution < 1.29 is 9.52 Å². The molecule has 0 spiro atoms. The van der Waals surface area contributed by atoms with Crippen molar-refractivity contribution >= 4 is 16.3 Å². The fourth-order valence-corrected chi connectivity index (χ4v) is 5.01. The molecule has 3 aromatic rings. The van der Waals surface area contributed by atoms with Crippen molar-refractivity contribution in [3.63, 3.8) is 0 Å². The predicted molar refractivity (Wildman–Crippen MR) is 92.3 cm³/mol. The average Bonchev–Trinajstić information content (AvgIpc) is 3.20. The van der Waals surface area contributed by atoms with Gasteiger partial charge in [-0.2, -0.15) is 4.52 Å². The number of nitrogens with zero attached hydrogens (tertiary/aromatic N) is 4. The highest BCUT2D eigenvalue weighted by Gasteiger charge is 2.35. The molecule has 0 saturated carbocycles. The summed E-state index contributed by atoms with van der Waals surface area (Å²) in [5.41, 5.74) is 0. The van der Waals surface area contributed by atoms with E-state index in [2.05, 4.69) is 28.8 Å². The van der Waals surface area contributed by atoms with E-state index in [9.17, 15) is 5.11 Å². The van der Waals surface area contributed by atoms with Crippen molar-refractivity contribution in [1.82, 2.24) is 19.5 Å². The van der Waals surface area contributed by atoms with Crippen LogP contribution >= 0.6 is 11.3 Å². The number of likely N-dealkylation sites (tertiary alicyclic amines) is 1. The number of aromatic nitrogens is 3. The standard InChI is InChI=1S/C17H22N4O2S/c1-10-7-11(2)9-20(8-10)14(13-5-4-6-23-13)15-16(22)21-17(24-15)18-12(3)19-21/h4-6,10-11,14,22H,7-9H2,1-3H3/t10-,11+,14-/m0/s1. The molecule has 0 bridgehead atoms. The van der Waals surface area contributed by atoms with Gasteiger partial charge in [0.05, 0.1) is 11.1 Å². The van der Waals surface area contributed by atoms with Crippen LogP contribution in [0, 0.1) is 18.8 Å². The summed E-state index contributed by atoms with van der Waals surface area (Å²) in [6, 6.07) is 3.78. The lowest BCUT2D eigenvalue weighted by atomic mass is 9.90. The van der Waals surface area contributed by atoms with Crippen LogP contribution in [0.1, 0.15) is 42.8 Å². The highest BCUT2D eigenvalue weighted by Crippen LogP contribution is 2.41. The number of aromatic hydroxyl groups is 1. The molecule has 4 rings (SSSR count). The molecule has 0 radical (unpaired) electrons. The first-order valence-corrected chi connectivity index (χ1v) is 9.17. The van der Waals surface area contributed by atoms with Crippen LogP contribution in [0.4, 0.5) is 0 Å². The summed E-state index contributed by atoms with van der Waals surface area (Å²) >= 11 is 1.48. The molecule has 3 atom stereocenters. The van der Waals surface area contributed by atoms with Crippen LogP contribution < -0.4 is 0 Å². The van der Waals surface area contributed by atoms with Gasteiger partial charge in [0.15, 0.2) is 0 Å². The zero-order valence-corrected chi connectivity index (χ0v) is 15.0. The second-order valence-electron chi connectivity index (χ2n) is 6.96. The number of hydrogen-bond donors (Lipinski definition) is 1. The maximum Gasteiger partial charge on any atom is 0.230 e. The van der Waals surface area contributed by atoms with Gasteiger partial charge in [0, 0.05) is 13.1 Å². The first-order valence-electron chi connectivity index (χ1n) is 8.35. The van der Waals surface area contributed by atoms with Gasteiger partial charge in [-0.05, 0) is 37.3 Å². The van der Waals surface area contributed by atoms with Crippen LogP contribution in [0.3, 0.4) is 0 Å². The second kappa shape index (κ2) is 5.89. The number of hydrogen-bond acceptors (Lipinski definition) is 6. The molecule has 128 valence electrons. The Morgan fingerprint density at radius 1 is 1.33 bits per heavy atom. The molecule has 1 saturated heterocycles. The Morgan fingerprint density at radius 2 is 2.08 bits per heavy atom. The van der Waals surface area contributed by atoms with Gasteiger partial charge in [-0.15, -0.1) is 5.10 Å². The maximum absolute atomic E-state index is 10.7. The summed E-state index contributed by atoms with van der Waals surface area (Å²) in [7, 11) is 0. The Morgan fingerprint density at radius 3 is 2.71 bits per heavy atom. The highest BCUT2D eigenvalue weighted by molar-refractivity contribution is 7.17. The number of piperidine rings is 1. The van der Waals surface area contributed by atoms with Crippen LogP contribution in [0.15, 0.2) is 22.8 Å². The first-order chi connectivity index (χ1) is 11.5. The Bertz CT molecular complexity index is 828. The van der Waals surface area contributed by atoms with E-state index in [0.29, 0.717) is 17.7 Å². The molecule has 0 unspecified atom stereocenters. The highest BCUT2D eigenvalue weighted by atomic mass is 32.1. The van der Waals surface area contributed by atoms with Gasteiger partial charge in [-0.3, -0.25) is 4.90 Å². The molecule has 0 amide bonds. The summed E-state index contributed by atoms with van der Waals surface area (Å²) in [6.07, 6.45) is 2.93. The summed E-state index contributed by atoms with van der Waals surface area (Å²) in [4.78, 5) is 8.37. The van der Waals surface area contributed by atoms with Crippen LogP contribution in [-0.2, 0) is 0 Å². The Balaban J connectivity index is 1.80. The smallest absolute Gasteiger partial charge is 0.230 e. The number of furan rings is 1. The monoisotopic (exact) mass is 346 g/mol. The van der Waals surface area contributed by atoms with Crippen molar-refractivity contribution in [3.05, 3.63) is 34.9 Å². The molecule has 0 aliphatic carbocycles. The molecular weight excluding hydrogens is 324 g/mol. The van der Waals surface area contributed by atoms with E-state index in [1.807, 2.05) is 19.1 Å². The van der Waals surface area contributed by atoms with Crippen molar-refractivity contribution in [2.24, 2.45) is 11.8 Å². The van der Waals surface area contributed by atoms with Crippen LogP contribution in [0.25, 0.3) is 4.96 Å². The van der Waals surface area contributed by atoms with Crippen molar-refractivity contribution in [2.45, 2.75) is 33.2 Å². The van der Waals surface area contributed by atoms with E-state index in [1.165, 1.54) is 22.3 Å². The Labute approximate surface area is 144 Å². The fourth-order valence-electron chi connectivity index (χ4n) is 3.87. The third kappa shape index (κ3) is 2.61. The molecule has 1 fully saturated rings. The van der Waals surface area contributed by atoms with E-state index >= 15 is 0 Å². The minimum absolute atomic E-state index is 0.0981. The summed E-state index contributed by atoms with van der Waals surface area (Å²) in [5, 5.41) is 15.0. The number of fused-ring (bicyclic) bond motifs is 1. The van der Waals surface area contributed by atoms with Gasteiger partial charge >= 0.3 is 0 Å². The van der Waals surface area contributed by atoms with Crippen LogP contribution in [-0.4, -0.2) is 37.7 Å². The van der Waals surface area contributed by atoms with Gasteiger partial charge in [0.1, 0.15) is 17.6 Å². The third-order valence-electron chi connectivity index (χ3n) is 4.63. The molecule has 1 N–H and O–H groups in total. The van der Waals surface area contributed by atoms with E-state index in [0.717, 1.165) is 28.7 Å². The fraction of sp³-hybridized carbons (Fsp3) is 0.529. The number of rotatable bonds is 3. The van der Waals surface area contributed by atoms with Crippen molar-refractivity contribution in [1.29, 1.82) is 0 Å². The predicted octanol–water partition coefficient (Wildman–Crippen LogP) is 3.47. The number of thiazole rings is 1. The lowest BCUT2D eigenvalue weighted by molar-refractivity contribution is 0.102. The summed E-state index contributed by atoms with van der Waals surface area (Å²) in [5.74, 6) is 2.93. The Kier molecular flexibility index (Phi) is 3.85. The maximum atomic E-state index is 10.7. The van der Waals surface area contributed by atoms with E-state index in [4.69, 9.17) is 4.42 Å². The van der Waals surface area contributed by atoms with Gasteiger partial charge in [-0.1, -0.05) is 25.2 Å². The molecular formula is C17H22N4O2S. The minimum Gasteiger partial charge on any atom is -0.492 e. The van der Waals surface area contributed by atoms with E-state index < -0.39 is 0 Å². The third-order valence-corrected chi connectivity index (χ3v) is 5.70. The lowest BCUT2D eigenvalue weighted by Crippen LogP contribution is -2.41. The molecule has 24 heavy (non-hydrogen) atoms. The molecule has 7 heteroatoms. The molecule has 0 aromatic carbocycles. The Hall–Kier alpha value is -1.86. The van der Waals surface area contributed by atoms with E-state index in [-0.39, 0.29) is 11.9 Å². The summed E-state index contributed by atoms with van der Waals surface area (Å²) < 4.78 is 7.26. The largest absolute Gasteiger partial charge is 0.492 e. The van der Waals surface area contributed by atoms with E-state index in [1.54, 1.807) is 6.26 Å². The quantitative estimate of drug-likeness (QED) is 0.786. The molecule has 1 aliphatic heterocycles. The summed E-state index contributed by atoms with van der Waals surface area (Å²) in [6.45, 7) is 8.38. The van der Waals surface area contributed by atoms with Crippen molar-refractivity contribution in [3.8, 4) is 5.88 Å². The molecule has 6 nitrogen and oxygen atoms in total. The zero-order valence-electron chi connectivity index (χ0n) is 14.1. The topological polar surface area (TPSA) is 66.8 Å². The van der Waals surface area contributed by atoms with Gasteiger partial charge in [-0.25, -0.2) is 4.98 Å². The van der Waals surface area contributed by atoms with Gasteiger partial charge < -0.3 is 9.52 Å². The zero-order chi connectivity index (χ0) is 16.8. The molecule has 3 aromatic heterocycles. The normalized spacial score (nSPS) is 23.8. The van der Waals surface area contributed by atoms with Crippen LogP contribution in [0.2, 0.25) is 0 Å². The van der Waals surface area contributed by atoms with Crippen LogP contribution in [0.5, 0.6) is 5.88 Å². The molecule has 4 heterocycles. The molecule has 1 aliphatic rings. The van der Waals surface area contributed by atoms with Crippen molar-refractivity contribution in [2.75, 3.05) is 13.1 Å². The van der Waals surface area contributed by atoms with Gasteiger partial charge in [0.25, 0.3) is 0 Å². The SMILES string of the molecule is Cc1nc2sc([C@H](c3ccco3)N3C[C@H](C)C[C@H](C)C3)c(O)n2n1.